The Labute approximate surface area is 233 Å². The maximum absolute atomic E-state index is 14.5. The molecule has 7 nitrogen and oxygen atoms in total. The summed E-state index contributed by atoms with van der Waals surface area (Å²) in [4.78, 5) is 34.4. The summed E-state index contributed by atoms with van der Waals surface area (Å²) in [6, 6.07) is 17.3. The van der Waals surface area contributed by atoms with Crippen LogP contribution in [0.1, 0.15) is 44.6 Å². The third kappa shape index (κ3) is 4.29. The van der Waals surface area contributed by atoms with E-state index in [-0.39, 0.29) is 17.9 Å². The van der Waals surface area contributed by atoms with Crippen molar-refractivity contribution in [3.63, 3.8) is 0 Å². The van der Waals surface area contributed by atoms with Crippen molar-refractivity contribution >= 4 is 29.1 Å². The molecule has 1 saturated heterocycles. The molecule has 0 saturated carbocycles. The second-order valence-corrected chi connectivity index (χ2v) is 10.8. The first-order valence-electron chi connectivity index (χ1n) is 13.4. The number of hydrogen-bond donors (Lipinski definition) is 0. The van der Waals surface area contributed by atoms with Gasteiger partial charge in [-0.15, -0.1) is 0 Å². The van der Waals surface area contributed by atoms with Crippen molar-refractivity contribution in [1.29, 1.82) is 0 Å². The summed E-state index contributed by atoms with van der Waals surface area (Å²) < 4.78 is 11.1. The van der Waals surface area contributed by atoms with Crippen LogP contribution in [0.3, 0.4) is 0 Å². The molecule has 3 aliphatic rings. The average molecular weight is 546 g/mol. The number of aryl methyl sites for hydroxylation is 1. The van der Waals surface area contributed by atoms with Crippen LogP contribution in [-0.4, -0.2) is 68.6 Å². The van der Waals surface area contributed by atoms with E-state index in [1.165, 1.54) is 5.56 Å². The van der Waals surface area contributed by atoms with Gasteiger partial charge in [0.05, 0.1) is 26.2 Å². The molecular formula is C31H32ClN3O4. The van der Waals surface area contributed by atoms with Crippen LogP contribution in [0, 0.1) is 6.92 Å². The molecule has 1 fully saturated rings. The lowest BCUT2D eigenvalue weighted by Crippen LogP contribution is -2.54. The van der Waals surface area contributed by atoms with Crippen molar-refractivity contribution in [1.82, 2.24) is 9.80 Å². The second kappa shape index (κ2) is 10.1. The monoisotopic (exact) mass is 545 g/mol. The van der Waals surface area contributed by atoms with Gasteiger partial charge in [-0.25, -0.2) is 0 Å². The van der Waals surface area contributed by atoms with Crippen molar-refractivity contribution in [3.05, 3.63) is 87.4 Å². The number of hydrogen-bond acceptors (Lipinski definition) is 5. The number of halogens is 1. The molecule has 202 valence electrons. The Morgan fingerprint density at radius 1 is 0.897 bits per heavy atom. The summed E-state index contributed by atoms with van der Waals surface area (Å²) in [7, 11) is 3.13. The van der Waals surface area contributed by atoms with E-state index < -0.39 is 5.92 Å². The van der Waals surface area contributed by atoms with E-state index in [0.717, 1.165) is 23.2 Å². The first-order valence-corrected chi connectivity index (χ1v) is 13.7. The van der Waals surface area contributed by atoms with Crippen LogP contribution in [0.4, 0.5) is 5.69 Å². The fourth-order valence-electron chi connectivity index (χ4n) is 6.40. The van der Waals surface area contributed by atoms with Gasteiger partial charge >= 0.3 is 0 Å². The number of carbonyl (C=O) groups excluding carboxylic acids is 2. The van der Waals surface area contributed by atoms with Gasteiger partial charge in [0, 0.05) is 49.0 Å². The Hall–Kier alpha value is -3.71. The van der Waals surface area contributed by atoms with E-state index >= 15 is 0 Å². The van der Waals surface area contributed by atoms with Crippen LogP contribution in [0.25, 0.3) is 0 Å². The molecule has 8 heteroatoms. The molecule has 0 aromatic heterocycles. The number of nitrogens with zero attached hydrogens (tertiary/aromatic N) is 3. The maximum atomic E-state index is 14.5. The lowest BCUT2D eigenvalue weighted by atomic mass is 9.75. The molecule has 0 N–H and O–H groups in total. The van der Waals surface area contributed by atoms with Crippen LogP contribution < -0.4 is 14.4 Å². The zero-order valence-corrected chi connectivity index (χ0v) is 23.2. The summed E-state index contributed by atoms with van der Waals surface area (Å²) in [5.41, 5.74) is 5.71. The lowest BCUT2D eigenvalue weighted by molar-refractivity contribution is -0.135. The number of rotatable bonds is 4. The molecule has 3 aromatic carbocycles. The predicted octanol–water partition coefficient (Wildman–Crippen LogP) is 4.85. The SMILES string of the molecule is COc1cc2c(cc1OC)C(C(=O)N1CCN(c3cc(Cl)ccc3C)CC1)C1c3ccccc3CCN1C2=O. The van der Waals surface area contributed by atoms with Gasteiger partial charge in [-0.2, -0.15) is 0 Å². The molecule has 6 rings (SSSR count). The molecule has 0 bridgehead atoms. The summed E-state index contributed by atoms with van der Waals surface area (Å²) in [5, 5.41) is 0.706. The Morgan fingerprint density at radius 3 is 2.36 bits per heavy atom. The minimum Gasteiger partial charge on any atom is -0.493 e. The minimum absolute atomic E-state index is 0.0325. The first kappa shape index (κ1) is 25.6. The number of carbonyl (C=O) groups is 2. The van der Waals surface area contributed by atoms with Crippen LogP contribution >= 0.6 is 11.6 Å². The third-order valence-corrected chi connectivity index (χ3v) is 8.63. The first-order chi connectivity index (χ1) is 18.9. The summed E-state index contributed by atoms with van der Waals surface area (Å²) in [6.45, 7) is 5.25. The van der Waals surface area contributed by atoms with Gasteiger partial charge in [0.2, 0.25) is 5.91 Å². The molecule has 3 heterocycles. The molecule has 0 radical (unpaired) electrons. The van der Waals surface area contributed by atoms with Crippen LogP contribution in [-0.2, 0) is 11.2 Å². The van der Waals surface area contributed by atoms with Gasteiger partial charge in [0.1, 0.15) is 0 Å². The highest BCUT2D eigenvalue weighted by Gasteiger charge is 2.48. The molecule has 2 unspecified atom stereocenters. The zero-order chi connectivity index (χ0) is 27.3. The quantitative estimate of drug-likeness (QED) is 0.469. The molecule has 0 spiro atoms. The second-order valence-electron chi connectivity index (χ2n) is 10.4. The van der Waals surface area contributed by atoms with Crippen molar-refractivity contribution < 1.29 is 19.1 Å². The molecule has 2 atom stereocenters. The molecular weight excluding hydrogens is 514 g/mol. The van der Waals surface area contributed by atoms with Crippen LogP contribution in [0.5, 0.6) is 11.5 Å². The van der Waals surface area contributed by atoms with E-state index in [2.05, 4.69) is 24.0 Å². The van der Waals surface area contributed by atoms with Gasteiger partial charge in [0.15, 0.2) is 11.5 Å². The number of anilines is 1. The molecule has 3 aliphatic heterocycles. The topological polar surface area (TPSA) is 62.3 Å². The molecule has 0 aliphatic carbocycles. The largest absolute Gasteiger partial charge is 0.493 e. The number of fused-ring (bicyclic) bond motifs is 4. The fraction of sp³-hybridized carbons (Fsp3) is 0.355. The van der Waals surface area contributed by atoms with E-state index in [0.29, 0.717) is 60.4 Å². The van der Waals surface area contributed by atoms with E-state index in [1.54, 1.807) is 20.3 Å². The van der Waals surface area contributed by atoms with Crippen LogP contribution in [0.2, 0.25) is 5.02 Å². The summed E-state index contributed by atoms with van der Waals surface area (Å²) in [5.74, 6) is 0.414. The number of amides is 2. The highest BCUT2D eigenvalue weighted by molar-refractivity contribution is 6.30. The van der Waals surface area contributed by atoms with E-state index in [4.69, 9.17) is 21.1 Å². The van der Waals surface area contributed by atoms with Crippen molar-refractivity contribution in [2.24, 2.45) is 0 Å². The minimum atomic E-state index is -0.543. The Kier molecular flexibility index (Phi) is 6.63. The highest BCUT2D eigenvalue weighted by atomic mass is 35.5. The van der Waals surface area contributed by atoms with Gasteiger partial charge in [-0.1, -0.05) is 41.9 Å². The number of ether oxygens (including phenoxy) is 2. The van der Waals surface area contributed by atoms with Gasteiger partial charge in [-0.3, -0.25) is 9.59 Å². The summed E-state index contributed by atoms with van der Waals surface area (Å²) in [6.07, 6.45) is 0.763. The zero-order valence-electron chi connectivity index (χ0n) is 22.4. The van der Waals surface area contributed by atoms with Crippen molar-refractivity contribution in [3.8, 4) is 11.5 Å². The van der Waals surface area contributed by atoms with Gasteiger partial charge in [-0.05, 0) is 59.9 Å². The molecule has 39 heavy (non-hydrogen) atoms. The van der Waals surface area contributed by atoms with Crippen LogP contribution in [0.15, 0.2) is 54.6 Å². The number of benzene rings is 3. The maximum Gasteiger partial charge on any atom is 0.254 e. The van der Waals surface area contributed by atoms with E-state index in [1.807, 2.05) is 46.2 Å². The molecule has 3 aromatic rings. The van der Waals surface area contributed by atoms with E-state index in [9.17, 15) is 9.59 Å². The predicted molar refractivity (Wildman–Crippen MR) is 151 cm³/mol. The Balaban J connectivity index is 1.38. The molecule has 2 amide bonds. The highest BCUT2D eigenvalue weighted by Crippen LogP contribution is 2.49. The summed E-state index contributed by atoms with van der Waals surface area (Å²) >= 11 is 6.29. The van der Waals surface area contributed by atoms with Crippen molar-refractivity contribution in [2.75, 3.05) is 51.8 Å². The smallest absolute Gasteiger partial charge is 0.254 e. The Morgan fingerprint density at radius 2 is 1.62 bits per heavy atom. The average Bonchev–Trinajstić information content (AvgIpc) is 2.97. The Bertz CT molecular complexity index is 1450. The third-order valence-electron chi connectivity index (χ3n) is 8.40. The van der Waals surface area contributed by atoms with Crippen molar-refractivity contribution in [2.45, 2.75) is 25.3 Å². The standard InChI is InChI=1S/C31H32ClN3O4/c1-19-8-9-21(32)16-25(19)33-12-14-34(15-13-33)31(37)28-23-17-26(38-2)27(39-3)18-24(23)30(36)35-11-10-20-6-4-5-7-22(20)29(28)35/h4-9,16-18,28-29H,10-15H2,1-3H3. The van der Waals surface area contributed by atoms with Gasteiger partial charge in [0.25, 0.3) is 5.91 Å². The van der Waals surface area contributed by atoms with Gasteiger partial charge < -0.3 is 24.2 Å². The number of piperazine rings is 1. The fourth-order valence-corrected chi connectivity index (χ4v) is 6.57. The normalized spacial score (nSPS) is 20.2. The number of methoxy groups -OCH3 is 2. The lowest BCUT2D eigenvalue weighted by Gasteiger charge is -2.47.